The molecule has 0 aromatic heterocycles. The van der Waals surface area contributed by atoms with Gasteiger partial charge in [0.2, 0.25) is 15.9 Å². The van der Waals surface area contributed by atoms with Crippen molar-refractivity contribution in [1.29, 1.82) is 0 Å². The molecule has 0 radical (unpaired) electrons. The highest BCUT2D eigenvalue weighted by Crippen LogP contribution is 2.30. The molecule has 1 fully saturated rings. The lowest BCUT2D eigenvalue weighted by molar-refractivity contribution is -0.117. The van der Waals surface area contributed by atoms with Gasteiger partial charge in [-0.3, -0.25) is 4.79 Å². The number of amides is 1. The van der Waals surface area contributed by atoms with Gasteiger partial charge in [-0.05, 0) is 42.7 Å². The first kappa shape index (κ1) is 17.5. The first-order valence-corrected chi connectivity index (χ1v) is 9.18. The van der Waals surface area contributed by atoms with Crippen molar-refractivity contribution in [2.75, 3.05) is 5.32 Å². The van der Waals surface area contributed by atoms with Crippen LogP contribution in [0.5, 0.6) is 0 Å². The minimum atomic E-state index is -4.12. The average Bonchev–Trinajstić information content (AvgIpc) is 3.38. The summed E-state index contributed by atoms with van der Waals surface area (Å²) in [5.74, 6) is -2.00. The van der Waals surface area contributed by atoms with Crippen molar-refractivity contribution in [3.8, 4) is 0 Å². The molecule has 1 aliphatic rings. The van der Waals surface area contributed by atoms with E-state index in [9.17, 15) is 22.0 Å². The zero-order valence-electron chi connectivity index (χ0n) is 13.1. The van der Waals surface area contributed by atoms with E-state index in [-0.39, 0.29) is 18.4 Å². The van der Waals surface area contributed by atoms with E-state index in [0.29, 0.717) is 17.3 Å². The topological polar surface area (TPSA) is 75.3 Å². The molecule has 2 aromatic carbocycles. The molecule has 1 amide bonds. The summed E-state index contributed by atoms with van der Waals surface area (Å²) in [7, 11) is -4.12. The van der Waals surface area contributed by atoms with Gasteiger partial charge in [0.15, 0.2) is 0 Å². The highest BCUT2D eigenvalue weighted by Gasteiger charge is 2.29. The molecule has 0 heterocycles. The Hall–Kier alpha value is -2.32. The average molecular weight is 366 g/mol. The number of halogens is 2. The van der Waals surface area contributed by atoms with Crippen LogP contribution in [0.1, 0.15) is 18.4 Å². The van der Waals surface area contributed by atoms with E-state index in [4.69, 9.17) is 0 Å². The summed E-state index contributed by atoms with van der Waals surface area (Å²) in [4.78, 5) is 11.1. The molecule has 0 bridgehead atoms. The largest absolute Gasteiger partial charge is 0.326 e. The van der Waals surface area contributed by atoms with Gasteiger partial charge >= 0.3 is 0 Å². The van der Waals surface area contributed by atoms with Crippen molar-refractivity contribution in [3.63, 3.8) is 0 Å². The number of rotatable bonds is 6. The van der Waals surface area contributed by atoms with Crippen LogP contribution in [0.2, 0.25) is 0 Å². The van der Waals surface area contributed by atoms with Crippen LogP contribution in [0.15, 0.2) is 47.4 Å². The van der Waals surface area contributed by atoms with E-state index < -0.39 is 26.6 Å². The van der Waals surface area contributed by atoms with E-state index in [0.717, 1.165) is 25.0 Å². The molecule has 8 heteroatoms. The third kappa shape index (κ3) is 4.40. The summed E-state index contributed by atoms with van der Waals surface area (Å²) < 4.78 is 53.1. The molecule has 25 heavy (non-hydrogen) atoms. The Labute approximate surface area is 144 Å². The third-order valence-corrected chi connectivity index (χ3v) is 5.23. The maximum Gasteiger partial charge on any atom is 0.243 e. The van der Waals surface area contributed by atoms with E-state index in [2.05, 4.69) is 10.0 Å². The monoisotopic (exact) mass is 366 g/mol. The van der Waals surface area contributed by atoms with E-state index >= 15 is 0 Å². The fraction of sp³-hybridized carbons (Fsp3) is 0.235. The molecule has 2 N–H and O–H groups in total. The summed E-state index contributed by atoms with van der Waals surface area (Å²) in [6.07, 6.45) is 1.77. The van der Waals surface area contributed by atoms with E-state index in [1.165, 1.54) is 0 Å². The number of carbonyl (C=O) groups is 1. The van der Waals surface area contributed by atoms with Crippen LogP contribution < -0.4 is 10.0 Å². The second kappa shape index (κ2) is 6.89. The zero-order chi connectivity index (χ0) is 18.0. The summed E-state index contributed by atoms with van der Waals surface area (Å²) in [5.41, 5.74) is 1.17. The SMILES string of the molecule is O=C(Nc1cccc(CNS(=O)(=O)c2ccc(F)cc2F)c1)C1CC1. The summed E-state index contributed by atoms with van der Waals surface area (Å²) in [6.45, 7) is -0.0910. The molecule has 0 unspecified atom stereocenters. The lowest BCUT2D eigenvalue weighted by atomic mass is 10.2. The maximum absolute atomic E-state index is 13.7. The summed E-state index contributed by atoms with van der Waals surface area (Å²) >= 11 is 0. The van der Waals surface area contributed by atoms with Gasteiger partial charge in [0.05, 0.1) is 0 Å². The Kier molecular flexibility index (Phi) is 4.82. The molecular formula is C17H16F2N2O3S. The van der Waals surface area contributed by atoms with Gasteiger partial charge in [0.25, 0.3) is 0 Å². The zero-order valence-corrected chi connectivity index (χ0v) is 13.9. The number of carbonyl (C=O) groups excluding carboxylic acids is 1. The molecule has 3 rings (SSSR count). The second-order valence-electron chi connectivity index (χ2n) is 5.86. The Morgan fingerprint density at radius 2 is 1.88 bits per heavy atom. The Balaban J connectivity index is 1.69. The van der Waals surface area contributed by atoms with Gasteiger partial charge in [-0.1, -0.05) is 12.1 Å². The molecule has 1 saturated carbocycles. The molecule has 0 atom stereocenters. The second-order valence-corrected chi connectivity index (χ2v) is 7.60. The molecule has 132 valence electrons. The molecular weight excluding hydrogens is 350 g/mol. The van der Waals surface area contributed by atoms with Crippen LogP contribution in [0.3, 0.4) is 0 Å². The van der Waals surface area contributed by atoms with Crippen molar-refractivity contribution in [3.05, 3.63) is 59.7 Å². The predicted molar refractivity (Wildman–Crippen MR) is 88.2 cm³/mol. The number of hydrogen-bond donors (Lipinski definition) is 2. The van der Waals surface area contributed by atoms with Gasteiger partial charge < -0.3 is 5.32 Å². The smallest absolute Gasteiger partial charge is 0.243 e. The number of hydrogen-bond acceptors (Lipinski definition) is 3. The quantitative estimate of drug-likeness (QED) is 0.826. The Bertz CT molecular complexity index is 912. The van der Waals surface area contributed by atoms with Gasteiger partial charge in [0, 0.05) is 24.2 Å². The number of benzene rings is 2. The van der Waals surface area contributed by atoms with Crippen molar-refractivity contribution < 1.29 is 22.0 Å². The first-order valence-electron chi connectivity index (χ1n) is 7.70. The standard InChI is InChI=1S/C17H16F2N2O3S/c18-13-6-7-16(15(19)9-13)25(23,24)20-10-11-2-1-3-14(8-11)21-17(22)12-4-5-12/h1-3,6-9,12,20H,4-5,10H2,(H,21,22). The van der Waals surface area contributed by atoms with Crippen LogP contribution in [-0.4, -0.2) is 14.3 Å². The third-order valence-electron chi connectivity index (χ3n) is 3.79. The first-order chi connectivity index (χ1) is 11.8. The van der Waals surface area contributed by atoms with Crippen LogP contribution in [-0.2, 0) is 21.4 Å². The van der Waals surface area contributed by atoms with Crippen LogP contribution in [0, 0.1) is 17.6 Å². The summed E-state index contributed by atoms with van der Waals surface area (Å²) in [5, 5.41) is 2.77. The fourth-order valence-electron chi connectivity index (χ4n) is 2.30. The minimum absolute atomic E-state index is 0.0499. The van der Waals surface area contributed by atoms with Crippen molar-refractivity contribution >= 4 is 21.6 Å². The van der Waals surface area contributed by atoms with Gasteiger partial charge in [-0.25, -0.2) is 21.9 Å². The normalized spacial score (nSPS) is 14.3. The predicted octanol–water partition coefficient (Wildman–Crippen LogP) is 2.79. The van der Waals surface area contributed by atoms with Crippen LogP contribution in [0.25, 0.3) is 0 Å². The lowest BCUT2D eigenvalue weighted by Gasteiger charge is -2.10. The Morgan fingerprint density at radius 3 is 2.56 bits per heavy atom. The molecule has 0 aliphatic heterocycles. The van der Waals surface area contributed by atoms with E-state index in [1.54, 1.807) is 24.3 Å². The van der Waals surface area contributed by atoms with Crippen LogP contribution in [0.4, 0.5) is 14.5 Å². The van der Waals surface area contributed by atoms with E-state index in [1.807, 2.05) is 0 Å². The minimum Gasteiger partial charge on any atom is -0.326 e. The summed E-state index contributed by atoms with van der Waals surface area (Å²) in [6, 6.07) is 8.98. The van der Waals surface area contributed by atoms with Gasteiger partial charge in [0.1, 0.15) is 16.5 Å². The Morgan fingerprint density at radius 1 is 1.12 bits per heavy atom. The van der Waals surface area contributed by atoms with Crippen molar-refractivity contribution in [2.45, 2.75) is 24.3 Å². The number of sulfonamides is 1. The van der Waals surface area contributed by atoms with Crippen LogP contribution >= 0.6 is 0 Å². The fourth-order valence-corrected chi connectivity index (χ4v) is 3.37. The van der Waals surface area contributed by atoms with Crippen molar-refractivity contribution in [2.24, 2.45) is 5.92 Å². The molecule has 2 aromatic rings. The van der Waals surface area contributed by atoms with Crippen molar-refractivity contribution in [1.82, 2.24) is 4.72 Å². The van der Waals surface area contributed by atoms with Gasteiger partial charge in [-0.15, -0.1) is 0 Å². The maximum atomic E-state index is 13.7. The molecule has 1 aliphatic carbocycles. The molecule has 5 nitrogen and oxygen atoms in total. The highest BCUT2D eigenvalue weighted by atomic mass is 32.2. The molecule has 0 spiro atoms. The van der Waals surface area contributed by atoms with Gasteiger partial charge in [-0.2, -0.15) is 0 Å². The number of anilines is 1. The molecule has 0 saturated heterocycles. The number of nitrogens with one attached hydrogen (secondary N) is 2. The lowest BCUT2D eigenvalue weighted by Crippen LogP contribution is -2.24. The highest BCUT2D eigenvalue weighted by molar-refractivity contribution is 7.89.